The zero-order valence-corrected chi connectivity index (χ0v) is 17.3. The molecule has 0 aromatic heterocycles. The summed E-state index contributed by atoms with van der Waals surface area (Å²) >= 11 is 0. The average molecular weight is 397 g/mol. The number of carbonyl (C=O) groups excluding carboxylic acids is 2. The summed E-state index contributed by atoms with van der Waals surface area (Å²) in [7, 11) is 1.59. The molecule has 2 aromatic carbocycles. The molecule has 1 amide bonds. The van der Waals surface area contributed by atoms with E-state index in [1.54, 1.807) is 25.3 Å². The van der Waals surface area contributed by atoms with Gasteiger partial charge in [-0.25, -0.2) is 0 Å². The van der Waals surface area contributed by atoms with Gasteiger partial charge in [0.05, 0.1) is 25.7 Å². The first-order valence-electron chi connectivity index (χ1n) is 9.77. The SMILES string of the molecule is CCOc1ccc(CCC(=O)Nc2ccc3c(c2)C(=O)CC(C)(C)O3)cc1OC. The van der Waals surface area contributed by atoms with E-state index < -0.39 is 5.60 Å². The second-order valence-electron chi connectivity index (χ2n) is 7.64. The number of fused-ring (bicyclic) bond motifs is 1. The summed E-state index contributed by atoms with van der Waals surface area (Å²) in [5, 5.41) is 2.86. The molecule has 2 aromatic rings. The molecule has 154 valence electrons. The molecule has 1 aliphatic heterocycles. The van der Waals surface area contributed by atoms with E-state index in [0.717, 1.165) is 5.56 Å². The zero-order valence-electron chi connectivity index (χ0n) is 17.3. The Hall–Kier alpha value is -3.02. The molecule has 29 heavy (non-hydrogen) atoms. The normalized spacial score (nSPS) is 14.6. The number of amides is 1. The number of methoxy groups -OCH3 is 1. The van der Waals surface area contributed by atoms with Gasteiger partial charge in [-0.3, -0.25) is 9.59 Å². The molecule has 6 nitrogen and oxygen atoms in total. The summed E-state index contributed by atoms with van der Waals surface area (Å²) in [6.45, 7) is 6.25. The number of hydrogen-bond donors (Lipinski definition) is 1. The average Bonchev–Trinajstić information content (AvgIpc) is 2.67. The van der Waals surface area contributed by atoms with Crippen molar-refractivity contribution < 1.29 is 23.8 Å². The molecule has 0 atom stereocenters. The second-order valence-corrected chi connectivity index (χ2v) is 7.64. The molecule has 0 unspecified atom stereocenters. The first-order valence-corrected chi connectivity index (χ1v) is 9.77. The number of nitrogens with one attached hydrogen (secondary N) is 1. The van der Waals surface area contributed by atoms with Gasteiger partial charge in [0.2, 0.25) is 5.91 Å². The number of ketones is 1. The summed E-state index contributed by atoms with van der Waals surface area (Å²) < 4.78 is 16.7. The van der Waals surface area contributed by atoms with Crippen molar-refractivity contribution >= 4 is 17.4 Å². The van der Waals surface area contributed by atoms with Crippen molar-refractivity contribution in [2.45, 2.75) is 45.6 Å². The number of aryl methyl sites for hydroxylation is 1. The van der Waals surface area contributed by atoms with Crippen LogP contribution in [0, 0.1) is 0 Å². The van der Waals surface area contributed by atoms with E-state index in [2.05, 4.69) is 5.32 Å². The minimum Gasteiger partial charge on any atom is -0.493 e. The van der Waals surface area contributed by atoms with Crippen molar-refractivity contribution in [2.75, 3.05) is 19.0 Å². The maximum absolute atomic E-state index is 12.4. The van der Waals surface area contributed by atoms with E-state index >= 15 is 0 Å². The molecular formula is C23H27NO5. The summed E-state index contributed by atoms with van der Waals surface area (Å²) in [5.41, 5.74) is 1.58. The second kappa shape index (κ2) is 8.55. The van der Waals surface area contributed by atoms with Gasteiger partial charge in [-0.2, -0.15) is 0 Å². The number of benzene rings is 2. The molecule has 0 fully saturated rings. The lowest BCUT2D eigenvalue weighted by Crippen LogP contribution is -2.35. The van der Waals surface area contributed by atoms with Crippen LogP contribution in [0.4, 0.5) is 5.69 Å². The van der Waals surface area contributed by atoms with Gasteiger partial charge in [-0.1, -0.05) is 6.07 Å². The van der Waals surface area contributed by atoms with Gasteiger partial charge in [-0.05, 0) is 63.1 Å². The fourth-order valence-electron chi connectivity index (χ4n) is 3.35. The van der Waals surface area contributed by atoms with Crippen LogP contribution in [-0.4, -0.2) is 31.0 Å². The van der Waals surface area contributed by atoms with Crippen LogP contribution in [0.25, 0.3) is 0 Å². The quantitative estimate of drug-likeness (QED) is 0.749. The van der Waals surface area contributed by atoms with E-state index in [9.17, 15) is 9.59 Å². The highest BCUT2D eigenvalue weighted by Gasteiger charge is 2.32. The topological polar surface area (TPSA) is 73.9 Å². The Morgan fingerprint density at radius 3 is 2.69 bits per heavy atom. The van der Waals surface area contributed by atoms with Crippen LogP contribution in [0.15, 0.2) is 36.4 Å². The van der Waals surface area contributed by atoms with Crippen LogP contribution in [-0.2, 0) is 11.2 Å². The molecule has 0 saturated carbocycles. The van der Waals surface area contributed by atoms with Gasteiger partial charge >= 0.3 is 0 Å². The van der Waals surface area contributed by atoms with Crippen LogP contribution < -0.4 is 19.5 Å². The van der Waals surface area contributed by atoms with Crippen LogP contribution in [0.3, 0.4) is 0 Å². The highest BCUT2D eigenvalue weighted by atomic mass is 16.5. The third kappa shape index (κ3) is 5.08. The Balaban J connectivity index is 1.62. The van der Waals surface area contributed by atoms with Crippen molar-refractivity contribution in [3.63, 3.8) is 0 Å². The van der Waals surface area contributed by atoms with E-state index in [0.29, 0.717) is 54.4 Å². The minimum atomic E-state index is -0.506. The summed E-state index contributed by atoms with van der Waals surface area (Å²) in [5.74, 6) is 1.80. The lowest BCUT2D eigenvalue weighted by Gasteiger charge is -2.31. The maximum atomic E-state index is 12.4. The summed E-state index contributed by atoms with van der Waals surface area (Å²) in [6, 6.07) is 10.8. The first kappa shape index (κ1) is 20.7. The lowest BCUT2D eigenvalue weighted by atomic mass is 9.93. The predicted octanol–water partition coefficient (Wildman–Crippen LogP) is 4.41. The predicted molar refractivity (Wildman–Crippen MR) is 111 cm³/mol. The molecular weight excluding hydrogens is 370 g/mol. The molecule has 6 heteroatoms. The highest BCUT2D eigenvalue weighted by Crippen LogP contribution is 2.34. The Morgan fingerprint density at radius 1 is 1.17 bits per heavy atom. The van der Waals surface area contributed by atoms with E-state index in [1.165, 1.54) is 0 Å². The van der Waals surface area contributed by atoms with Crippen molar-refractivity contribution in [3.8, 4) is 17.2 Å². The van der Waals surface area contributed by atoms with Crippen molar-refractivity contribution in [1.82, 2.24) is 0 Å². The number of hydrogen-bond acceptors (Lipinski definition) is 5. The van der Waals surface area contributed by atoms with E-state index in [1.807, 2.05) is 39.0 Å². The number of carbonyl (C=O) groups is 2. The Bertz CT molecular complexity index is 919. The highest BCUT2D eigenvalue weighted by molar-refractivity contribution is 6.02. The number of rotatable bonds is 7. The van der Waals surface area contributed by atoms with Crippen LogP contribution in [0.2, 0.25) is 0 Å². The van der Waals surface area contributed by atoms with Crippen molar-refractivity contribution in [1.29, 1.82) is 0 Å². The third-order valence-electron chi connectivity index (χ3n) is 4.70. The van der Waals surface area contributed by atoms with Crippen molar-refractivity contribution in [2.24, 2.45) is 0 Å². The molecule has 1 N–H and O–H groups in total. The number of ether oxygens (including phenoxy) is 3. The van der Waals surface area contributed by atoms with E-state index in [4.69, 9.17) is 14.2 Å². The molecule has 3 rings (SSSR count). The fraction of sp³-hybridized carbons (Fsp3) is 0.391. The van der Waals surface area contributed by atoms with Crippen LogP contribution in [0.5, 0.6) is 17.2 Å². The Morgan fingerprint density at radius 2 is 1.97 bits per heavy atom. The van der Waals surface area contributed by atoms with Crippen LogP contribution in [0.1, 0.15) is 49.5 Å². The first-order chi connectivity index (χ1) is 13.8. The van der Waals surface area contributed by atoms with Crippen molar-refractivity contribution in [3.05, 3.63) is 47.5 Å². The van der Waals surface area contributed by atoms with Crippen LogP contribution >= 0.6 is 0 Å². The maximum Gasteiger partial charge on any atom is 0.224 e. The summed E-state index contributed by atoms with van der Waals surface area (Å²) in [4.78, 5) is 24.7. The van der Waals surface area contributed by atoms with Gasteiger partial charge in [0, 0.05) is 12.1 Å². The largest absolute Gasteiger partial charge is 0.493 e. The fourth-order valence-corrected chi connectivity index (χ4v) is 3.35. The Kier molecular flexibility index (Phi) is 6.11. The zero-order chi connectivity index (χ0) is 21.0. The molecule has 0 spiro atoms. The smallest absolute Gasteiger partial charge is 0.224 e. The molecule has 0 saturated heterocycles. The van der Waals surface area contributed by atoms with Gasteiger partial charge in [-0.15, -0.1) is 0 Å². The molecule has 0 bridgehead atoms. The monoisotopic (exact) mass is 397 g/mol. The van der Waals surface area contributed by atoms with Gasteiger partial charge < -0.3 is 19.5 Å². The molecule has 1 aliphatic rings. The molecule has 0 aliphatic carbocycles. The Labute approximate surface area is 171 Å². The van der Waals surface area contributed by atoms with Gasteiger partial charge in [0.15, 0.2) is 17.3 Å². The number of anilines is 1. The standard InChI is InChI=1S/C23H27NO5/c1-5-28-20-9-6-15(12-21(20)27-4)7-11-22(26)24-16-8-10-19-17(13-16)18(25)14-23(2,3)29-19/h6,8-10,12-13H,5,7,11,14H2,1-4H3,(H,24,26). The van der Waals surface area contributed by atoms with E-state index in [-0.39, 0.29) is 11.7 Å². The minimum absolute atomic E-state index is 0.0221. The molecule has 1 heterocycles. The third-order valence-corrected chi connectivity index (χ3v) is 4.70. The number of Topliss-reactive ketones (excluding diaryl/α,β-unsaturated/α-hetero) is 1. The van der Waals surface area contributed by atoms with Gasteiger partial charge in [0.1, 0.15) is 11.4 Å². The molecule has 0 radical (unpaired) electrons. The summed E-state index contributed by atoms with van der Waals surface area (Å²) in [6.07, 6.45) is 1.19. The lowest BCUT2D eigenvalue weighted by molar-refractivity contribution is -0.116. The van der Waals surface area contributed by atoms with Gasteiger partial charge in [0.25, 0.3) is 0 Å².